The van der Waals surface area contributed by atoms with E-state index in [4.69, 9.17) is 9.84 Å². The molecule has 0 aliphatic carbocycles. The van der Waals surface area contributed by atoms with Gasteiger partial charge in [-0.2, -0.15) is 0 Å². The molecule has 0 spiro atoms. The van der Waals surface area contributed by atoms with Crippen molar-refractivity contribution in [2.24, 2.45) is 0 Å². The summed E-state index contributed by atoms with van der Waals surface area (Å²) in [7, 11) is 0. The Morgan fingerprint density at radius 3 is 2.33 bits per heavy atom. The number of rotatable bonds is 7. The Kier molecular flexibility index (Phi) is 5.21. The van der Waals surface area contributed by atoms with Gasteiger partial charge in [0.1, 0.15) is 5.75 Å². The Morgan fingerprint density at radius 2 is 1.71 bits per heavy atom. The molecule has 0 radical (unpaired) electrons. The van der Waals surface area contributed by atoms with Crippen LogP contribution in [0.1, 0.15) is 19.8 Å². The summed E-state index contributed by atoms with van der Waals surface area (Å²) in [5, 5.41) is 11.9. The average molecular weight is 285 g/mol. The molecule has 0 saturated carbocycles. The summed E-state index contributed by atoms with van der Waals surface area (Å²) in [5.74, 6) is -0.0561. The van der Waals surface area contributed by atoms with Crippen LogP contribution in [0.4, 0.5) is 11.4 Å². The van der Waals surface area contributed by atoms with Crippen LogP contribution in [-0.2, 0) is 4.79 Å². The van der Waals surface area contributed by atoms with E-state index in [1.165, 1.54) is 0 Å². The van der Waals surface area contributed by atoms with Gasteiger partial charge in [0, 0.05) is 17.8 Å². The van der Waals surface area contributed by atoms with Gasteiger partial charge in [0.05, 0.1) is 6.10 Å². The molecule has 110 valence electrons. The number of ether oxygens (including phenoxy) is 1. The summed E-state index contributed by atoms with van der Waals surface area (Å²) < 4.78 is 5.68. The SMILES string of the molecule is CC(CCC(=O)O)Oc1ccc(Nc2ccccc2)cc1. The summed E-state index contributed by atoms with van der Waals surface area (Å²) in [6, 6.07) is 17.6. The van der Waals surface area contributed by atoms with Gasteiger partial charge in [-0.1, -0.05) is 18.2 Å². The highest BCUT2D eigenvalue weighted by Crippen LogP contribution is 2.21. The van der Waals surface area contributed by atoms with Crippen molar-refractivity contribution in [1.82, 2.24) is 0 Å². The van der Waals surface area contributed by atoms with Crippen molar-refractivity contribution in [3.8, 4) is 5.75 Å². The lowest BCUT2D eigenvalue weighted by molar-refractivity contribution is -0.137. The molecule has 2 N–H and O–H groups in total. The molecule has 2 rings (SSSR count). The Bertz CT molecular complexity index is 566. The van der Waals surface area contributed by atoms with Crippen LogP contribution in [-0.4, -0.2) is 17.2 Å². The van der Waals surface area contributed by atoms with Crippen molar-refractivity contribution < 1.29 is 14.6 Å². The average Bonchev–Trinajstić information content (AvgIpc) is 2.48. The fourth-order valence-electron chi connectivity index (χ4n) is 1.92. The zero-order valence-electron chi connectivity index (χ0n) is 12.0. The smallest absolute Gasteiger partial charge is 0.303 e. The number of aliphatic carboxylic acids is 1. The number of benzene rings is 2. The molecule has 2 aromatic rings. The maximum atomic E-state index is 10.5. The molecule has 0 bridgehead atoms. The summed E-state index contributed by atoms with van der Waals surface area (Å²) >= 11 is 0. The van der Waals surface area contributed by atoms with Gasteiger partial charge in [-0.15, -0.1) is 0 Å². The van der Waals surface area contributed by atoms with Crippen molar-refractivity contribution in [3.63, 3.8) is 0 Å². The molecule has 1 unspecified atom stereocenters. The largest absolute Gasteiger partial charge is 0.491 e. The predicted octanol–water partition coefficient (Wildman–Crippen LogP) is 4.06. The summed E-state index contributed by atoms with van der Waals surface area (Å²) in [6.07, 6.45) is 0.503. The van der Waals surface area contributed by atoms with Gasteiger partial charge in [-0.05, 0) is 49.7 Å². The third kappa shape index (κ3) is 5.18. The van der Waals surface area contributed by atoms with E-state index in [1.54, 1.807) is 0 Å². The monoisotopic (exact) mass is 285 g/mol. The molecule has 0 heterocycles. The van der Waals surface area contributed by atoms with Crippen molar-refractivity contribution in [1.29, 1.82) is 0 Å². The normalized spacial score (nSPS) is 11.7. The molecule has 0 saturated heterocycles. The Balaban J connectivity index is 1.88. The summed E-state index contributed by atoms with van der Waals surface area (Å²) in [6.45, 7) is 1.87. The van der Waals surface area contributed by atoms with Crippen LogP contribution in [0.3, 0.4) is 0 Å². The maximum absolute atomic E-state index is 10.5. The highest BCUT2D eigenvalue weighted by Gasteiger charge is 2.07. The first-order valence-electron chi connectivity index (χ1n) is 6.94. The van der Waals surface area contributed by atoms with E-state index in [0.717, 1.165) is 17.1 Å². The molecule has 0 aromatic heterocycles. The first kappa shape index (κ1) is 14.9. The van der Waals surface area contributed by atoms with Gasteiger partial charge < -0.3 is 15.2 Å². The maximum Gasteiger partial charge on any atom is 0.303 e. The molecular weight excluding hydrogens is 266 g/mol. The number of anilines is 2. The molecule has 2 aromatic carbocycles. The van der Waals surface area contributed by atoms with E-state index in [2.05, 4.69) is 5.32 Å². The predicted molar refractivity (Wildman–Crippen MR) is 83.1 cm³/mol. The molecule has 1 atom stereocenters. The van der Waals surface area contributed by atoms with E-state index in [1.807, 2.05) is 61.5 Å². The van der Waals surface area contributed by atoms with Crippen LogP contribution < -0.4 is 10.1 Å². The first-order chi connectivity index (χ1) is 10.1. The lowest BCUT2D eigenvalue weighted by Gasteiger charge is -2.14. The number of para-hydroxylation sites is 1. The second-order valence-corrected chi connectivity index (χ2v) is 4.88. The van der Waals surface area contributed by atoms with Crippen molar-refractivity contribution >= 4 is 17.3 Å². The van der Waals surface area contributed by atoms with E-state index in [-0.39, 0.29) is 12.5 Å². The van der Waals surface area contributed by atoms with Crippen LogP contribution in [0, 0.1) is 0 Å². The number of hydrogen-bond donors (Lipinski definition) is 2. The van der Waals surface area contributed by atoms with E-state index in [9.17, 15) is 4.79 Å². The third-order valence-corrected chi connectivity index (χ3v) is 3.02. The van der Waals surface area contributed by atoms with Crippen molar-refractivity contribution in [3.05, 3.63) is 54.6 Å². The second-order valence-electron chi connectivity index (χ2n) is 4.88. The van der Waals surface area contributed by atoms with Gasteiger partial charge in [0.25, 0.3) is 0 Å². The zero-order chi connectivity index (χ0) is 15.1. The van der Waals surface area contributed by atoms with Crippen molar-refractivity contribution in [2.75, 3.05) is 5.32 Å². The molecule has 0 aliphatic heterocycles. The minimum absolute atomic E-state index is 0.117. The standard InChI is InChI=1S/C17H19NO3/c1-13(7-12-17(19)20)21-16-10-8-15(9-11-16)18-14-5-3-2-4-6-14/h2-6,8-11,13,18H,7,12H2,1H3,(H,19,20). The molecular formula is C17H19NO3. The van der Waals surface area contributed by atoms with E-state index >= 15 is 0 Å². The Hall–Kier alpha value is -2.49. The van der Waals surface area contributed by atoms with Crippen molar-refractivity contribution in [2.45, 2.75) is 25.9 Å². The quantitative estimate of drug-likeness (QED) is 0.805. The van der Waals surface area contributed by atoms with Crippen LogP contribution >= 0.6 is 0 Å². The first-order valence-corrected chi connectivity index (χ1v) is 6.94. The Morgan fingerprint density at radius 1 is 1.10 bits per heavy atom. The molecule has 21 heavy (non-hydrogen) atoms. The summed E-state index contributed by atoms with van der Waals surface area (Å²) in [5.41, 5.74) is 2.01. The fourth-order valence-corrected chi connectivity index (χ4v) is 1.92. The van der Waals surface area contributed by atoms with Crippen LogP contribution in [0.5, 0.6) is 5.75 Å². The van der Waals surface area contributed by atoms with Crippen LogP contribution in [0.2, 0.25) is 0 Å². The molecule has 0 aliphatic rings. The number of carbonyl (C=O) groups is 1. The second kappa shape index (κ2) is 7.33. The number of carboxylic acids is 1. The minimum Gasteiger partial charge on any atom is -0.491 e. The van der Waals surface area contributed by atoms with Gasteiger partial charge in [0.2, 0.25) is 0 Å². The lowest BCUT2D eigenvalue weighted by atomic mass is 10.2. The van der Waals surface area contributed by atoms with Gasteiger partial charge in [-0.3, -0.25) is 4.79 Å². The summed E-state index contributed by atoms with van der Waals surface area (Å²) in [4.78, 5) is 10.5. The topological polar surface area (TPSA) is 58.6 Å². The minimum atomic E-state index is -0.798. The lowest BCUT2D eigenvalue weighted by Crippen LogP contribution is -2.13. The van der Waals surface area contributed by atoms with Gasteiger partial charge in [0.15, 0.2) is 0 Å². The Labute approximate surface area is 124 Å². The molecule has 4 nitrogen and oxygen atoms in total. The third-order valence-electron chi connectivity index (χ3n) is 3.02. The van der Waals surface area contributed by atoms with Crippen LogP contribution in [0.15, 0.2) is 54.6 Å². The highest BCUT2D eigenvalue weighted by molar-refractivity contribution is 5.66. The number of hydrogen-bond acceptors (Lipinski definition) is 3. The van der Waals surface area contributed by atoms with Crippen LogP contribution in [0.25, 0.3) is 0 Å². The zero-order valence-corrected chi connectivity index (χ0v) is 12.0. The van der Waals surface area contributed by atoms with Gasteiger partial charge in [-0.25, -0.2) is 0 Å². The molecule has 0 amide bonds. The molecule has 4 heteroatoms. The van der Waals surface area contributed by atoms with E-state index in [0.29, 0.717) is 6.42 Å². The van der Waals surface area contributed by atoms with E-state index < -0.39 is 5.97 Å². The fraction of sp³-hybridized carbons (Fsp3) is 0.235. The van der Waals surface area contributed by atoms with Gasteiger partial charge >= 0.3 is 5.97 Å². The highest BCUT2D eigenvalue weighted by atomic mass is 16.5. The molecule has 0 fully saturated rings. The number of carboxylic acid groups (broad SMARTS) is 1. The number of nitrogens with one attached hydrogen (secondary N) is 1.